The minimum absolute atomic E-state index is 0.253. The standard InChI is InChI=1S/C23H32N6O2S2/c1-5-14-29-22(17-10-8-7-9-11-17)25-26-23(29)32-16-21-24-19-15-18(33(30,31)27(3)4)12-13-20(19)28(21)6-2/h5,12-13,15,17H,1,6-11,14,16H2,2-4H3. The average Bonchev–Trinajstić information content (AvgIpc) is 3.38. The number of aromatic nitrogens is 5. The number of imidazole rings is 1. The number of thioether (sulfide) groups is 1. The molecule has 0 N–H and O–H groups in total. The SMILES string of the molecule is C=CCn1c(SCc2nc3cc(S(=O)(=O)N(C)C)ccc3n2CC)nnc1C1CCCCC1. The molecular formula is C23H32N6O2S2. The molecule has 0 atom stereocenters. The third-order valence-corrected chi connectivity index (χ3v) is 9.03. The summed E-state index contributed by atoms with van der Waals surface area (Å²) in [7, 11) is -0.436. The Morgan fingerprint density at radius 1 is 1.18 bits per heavy atom. The van der Waals surface area contributed by atoms with Crippen molar-refractivity contribution in [2.45, 2.75) is 73.8 Å². The lowest BCUT2D eigenvalue weighted by molar-refractivity contribution is 0.415. The van der Waals surface area contributed by atoms with Gasteiger partial charge in [0.15, 0.2) is 5.16 Å². The maximum absolute atomic E-state index is 12.5. The lowest BCUT2D eigenvalue weighted by atomic mass is 9.89. The van der Waals surface area contributed by atoms with Crippen LogP contribution in [0.5, 0.6) is 0 Å². The normalized spacial score (nSPS) is 15.5. The van der Waals surface area contributed by atoms with Gasteiger partial charge in [-0.25, -0.2) is 17.7 Å². The van der Waals surface area contributed by atoms with Crippen LogP contribution in [0, 0.1) is 0 Å². The fourth-order valence-corrected chi connectivity index (χ4v) is 6.32. The Hall–Kier alpha value is -2.17. The Morgan fingerprint density at radius 3 is 2.61 bits per heavy atom. The first kappa shape index (κ1) is 24.0. The zero-order valence-corrected chi connectivity index (χ0v) is 21.2. The van der Waals surface area contributed by atoms with E-state index in [9.17, 15) is 8.42 Å². The molecule has 2 heterocycles. The molecule has 1 aromatic carbocycles. The Labute approximate surface area is 200 Å². The zero-order valence-electron chi connectivity index (χ0n) is 19.6. The molecule has 1 fully saturated rings. The summed E-state index contributed by atoms with van der Waals surface area (Å²) in [6.07, 6.45) is 8.04. The molecule has 0 spiro atoms. The highest BCUT2D eigenvalue weighted by Gasteiger charge is 2.24. The van der Waals surface area contributed by atoms with Crippen LogP contribution >= 0.6 is 11.8 Å². The van der Waals surface area contributed by atoms with Gasteiger partial charge in [-0.2, -0.15) is 0 Å². The van der Waals surface area contributed by atoms with Crippen molar-refractivity contribution in [2.24, 2.45) is 0 Å². The molecule has 1 saturated carbocycles. The van der Waals surface area contributed by atoms with Crippen LogP contribution in [0.1, 0.15) is 56.6 Å². The molecule has 4 rings (SSSR count). The van der Waals surface area contributed by atoms with E-state index in [1.54, 1.807) is 23.9 Å². The highest BCUT2D eigenvalue weighted by Crippen LogP contribution is 2.34. The molecule has 0 aliphatic heterocycles. The molecule has 3 aromatic rings. The minimum Gasteiger partial charge on any atom is -0.328 e. The van der Waals surface area contributed by atoms with Crippen LogP contribution in [0.4, 0.5) is 0 Å². The van der Waals surface area contributed by atoms with Gasteiger partial charge in [-0.05, 0) is 38.0 Å². The van der Waals surface area contributed by atoms with Gasteiger partial charge in [0, 0.05) is 33.1 Å². The highest BCUT2D eigenvalue weighted by atomic mass is 32.2. The lowest BCUT2D eigenvalue weighted by Crippen LogP contribution is -2.22. The molecule has 8 nitrogen and oxygen atoms in total. The third kappa shape index (κ3) is 4.74. The van der Waals surface area contributed by atoms with Crippen LogP contribution in [-0.2, 0) is 28.9 Å². The van der Waals surface area contributed by atoms with Crippen LogP contribution in [0.25, 0.3) is 11.0 Å². The van der Waals surface area contributed by atoms with Crippen LogP contribution < -0.4 is 0 Å². The summed E-state index contributed by atoms with van der Waals surface area (Å²) >= 11 is 1.62. The molecule has 2 aromatic heterocycles. The summed E-state index contributed by atoms with van der Waals surface area (Å²) in [6.45, 7) is 7.43. The molecule has 33 heavy (non-hydrogen) atoms. The molecule has 0 saturated heterocycles. The van der Waals surface area contributed by atoms with Crippen LogP contribution in [0.15, 0.2) is 40.9 Å². The predicted octanol–water partition coefficient (Wildman–Crippen LogP) is 4.42. The second-order valence-electron chi connectivity index (χ2n) is 8.57. The van der Waals surface area contributed by atoms with Crippen molar-refractivity contribution >= 4 is 32.8 Å². The second-order valence-corrected chi connectivity index (χ2v) is 11.7. The number of hydrogen-bond donors (Lipinski definition) is 0. The van der Waals surface area contributed by atoms with E-state index < -0.39 is 10.0 Å². The van der Waals surface area contributed by atoms with Crippen molar-refractivity contribution in [3.8, 4) is 0 Å². The van der Waals surface area contributed by atoms with E-state index in [4.69, 9.17) is 4.98 Å². The molecule has 0 amide bonds. The van der Waals surface area contributed by atoms with E-state index >= 15 is 0 Å². The lowest BCUT2D eigenvalue weighted by Gasteiger charge is -2.21. The number of fused-ring (bicyclic) bond motifs is 1. The number of sulfonamides is 1. The van der Waals surface area contributed by atoms with Gasteiger partial charge in [0.25, 0.3) is 0 Å². The molecular weight excluding hydrogens is 456 g/mol. The van der Waals surface area contributed by atoms with Gasteiger partial charge in [-0.15, -0.1) is 16.8 Å². The summed E-state index contributed by atoms with van der Waals surface area (Å²) in [5, 5.41) is 9.94. The van der Waals surface area contributed by atoms with Gasteiger partial charge < -0.3 is 9.13 Å². The van der Waals surface area contributed by atoms with Crippen molar-refractivity contribution in [3.05, 3.63) is 42.5 Å². The van der Waals surface area contributed by atoms with Crippen LogP contribution in [0.2, 0.25) is 0 Å². The van der Waals surface area contributed by atoms with E-state index in [0.29, 0.717) is 23.7 Å². The molecule has 10 heteroatoms. The van der Waals surface area contributed by atoms with Gasteiger partial charge in [0.2, 0.25) is 10.0 Å². The first-order valence-corrected chi connectivity index (χ1v) is 13.9. The van der Waals surface area contributed by atoms with E-state index in [1.807, 2.05) is 12.1 Å². The Balaban J connectivity index is 1.61. The molecule has 0 bridgehead atoms. The average molecular weight is 489 g/mol. The number of benzene rings is 1. The number of nitrogens with zero attached hydrogens (tertiary/aromatic N) is 6. The fraction of sp³-hybridized carbons (Fsp3) is 0.522. The van der Waals surface area contributed by atoms with Crippen molar-refractivity contribution in [3.63, 3.8) is 0 Å². The van der Waals surface area contributed by atoms with Crippen LogP contribution in [-0.4, -0.2) is 51.1 Å². The number of rotatable bonds is 9. The first-order chi connectivity index (χ1) is 15.9. The minimum atomic E-state index is -3.51. The highest BCUT2D eigenvalue weighted by molar-refractivity contribution is 7.98. The Kier molecular flexibility index (Phi) is 7.25. The van der Waals surface area contributed by atoms with Gasteiger partial charge in [-0.3, -0.25) is 0 Å². The maximum atomic E-state index is 12.5. The van der Waals surface area contributed by atoms with Gasteiger partial charge in [0.1, 0.15) is 11.6 Å². The molecule has 1 aliphatic carbocycles. The van der Waals surface area contributed by atoms with E-state index in [1.165, 1.54) is 50.5 Å². The Bertz CT molecular complexity index is 1240. The predicted molar refractivity (Wildman–Crippen MR) is 132 cm³/mol. The third-order valence-electron chi connectivity index (χ3n) is 6.25. The second kappa shape index (κ2) is 9.99. The van der Waals surface area contributed by atoms with E-state index in [0.717, 1.165) is 28.9 Å². The van der Waals surface area contributed by atoms with E-state index in [-0.39, 0.29) is 4.90 Å². The first-order valence-electron chi connectivity index (χ1n) is 11.4. The molecule has 0 radical (unpaired) electrons. The Morgan fingerprint density at radius 2 is 1.94 bits per heavy atom. The van der Waals surface area contributed by atoms with Crippen molar-refractivity contribution in [1.29, 1.82) is 0 Å². The topological polar surface area (TPSA) is 85.9 Å². The van der Waals surface area contributed by atoms with Crippen molar-refractivity contribution in [2.75, 3.05) is 14.1 Å². The zero-order chi connectivity index (χ0) is 23.6. The number of allylic oxidation sites excluding steroid dienone is 1. The van der Waals surface area contributed by atoms with Crippen molar-refractivity contribution in [1.82, 2.24) is 28.6 Å². The smallest absolute Gasteiger partial charge is 0.242 e. The van der Waals surface area contributed by atoms with E-state index in [2.05, 4.69) is 32.8 Å². The van der Waals surface area contributed by atoms with Crippen molar-refractivity contribution < 1.29 is 8.42 Å². The summed E-state index contributed by atoms with van der Waals surface area (Å²) in [5.41, 5.74) is 1.62. The maximum Gasteiger partial charge on any atom is 0.242 e. The molecule has 0 unspecified atom stereocenters. The van der Waals surface area contributed by atoms with Gasteiger partial charge in [0.05, 0.1) is 21.7 Å². The van der Waals surface area contributed by atoms with Gasteiger partial charge >= 0.3 is 0 Å². The molecule has 178 valence electrons. The summed E-state index contributed by atoms with van der Waals surface area (Å²) in [5.74, 6) is 3.06. The quantitative estimate of drug-likeness (QED) is 0.327. The number of aryl methyl sites for hydroxylation is 1. The number of hydrogen-bond acceptors (Lipinski definition) is 6. The van der Waals surface area contributed by atoms with Gasteiger partial charge in [-0.1, -0.05) is 37.1 Å². The van der Waals surface area contributed by atoms with Crippen LogP contribution in [0.3, 0.4) is 0 Å². The molecule has 1 aliphatic rings. The summed E-state index contributed by atoms with van der Waals surface area (Å²) in [4.78, 5) is 5.04. The summed E-state index contributed by atoms with van der Waals surface area (Å²) in [6, 6.07) is 5.16. The largest absolute Gasteiger partial charge is 0.328 e. The summed E-state index contributed by atoms with van der Waals surface area (Å²) < 4.78 is 30.6. The monoisotopic (exact) mass is 488 g/mol. The fourth-order valence-electron chi connectivity index (χ4n) is 4.49.